The van der Waals surface area contributed by atoms with Gasteiger partial charge in [-0.3, -0.25) is 4.79 Å². The minimum Gasteiger partial charge on any atom is -0.497 e. The Bertz CT molecular complexity index is 482. The Morgan fingerprint density at radius 3 is 2.70 bits per heavy atom. The first-order valence-electron chi connectivity index (χ1n) is 6.97. The van der Waals surface area contributed by atoms with E-state index < -0.39 is 0 Å². The lowest BCUT2D eigenvalue weighted by Gasteiger charge is -2.34. The largest absolute Gasteiger partial charge is 0.497 e. The van der Waals surface area contributed by atoms with Crippen molar-refractivity contribution in [2.24, 2.45) is 11.7 Å². The molecule has 0 spiro atoms. The van der Waals surface area contributed by atoms with E-state index in [1.165, 1.54) is 0 Å². The molecule has 1 fully saturated rings. The van der Waals surface area contributed by atoms with E-state index in [4.69, 9.17) is 10.5 Å². The van der Waals surface area contributed by atoms with E-state index in [9.17, 15) is 4.79 Å². The van der Waals surface area contributed by atoms with Gasteiger partial charge in [-0.05, 0) is 36.1 Å². The van der Waals surface area contributed by atoms with Crippen LogP contribution < -0.4 is 10.5 Å². The van der Waals surface area contributed by atoms with Crippen LogP contribution in [-0.4, -0.2) is 37.0 Å². The molecule has 1 amide bonds. The summed E-state index contributed by atoms with van der Waals surface area (Å²) in [6.07, 6.45) is 4.34. The van der Waals surface area contributed by atoms with E-state index in [0.717, 1.165) is 30.8 Å². The highest BCUT2D eigenvalue weighted by Gasteiger charge is 2.24. The summed E-state index contributed by atoms with van der Waals surface area (Å²) in [5, 5.41) is 0. The lowest BCUT2D eigenvalue weighted by molar-refractivity contribution is -0.127. The van der Waals surface area contributed by atoms with Crippen molar-refractivity contribution in [1.82, 2.24) is 4.90 Å². The van der Waals surface area contributed by atoms with Crippen LogP contribution >= 0.6 is 0 Å². The van der Waals surface area contributed by atoms with Crippen molar-refractivity contribution < 1.29 is 9.53 Å². The highest BCUT2D eigenvalue weighted by atomic mass is 16.5. The molecule has 2 unspecified atom stereocenters. The van der Waals surface area contributed by atoms with Gasteiger partial charge < -0.3 is 15.4 Å². The number of nitrogens with zero attached hydrogens (tertiary/aromatic N) is 1. The van der Waals surface area contributed by atoms with Crippen LogP contribution in [0.5, 0.6) is 5.75 Å². The summed E-state index contributed by atoms with van der Waals surface area (Å²) in [4.78, 5) is 14.0. The van der Waals surface area contributed by atoms with Crippen LogP contribution in [-0.2, 0) is 4.79 Å². The van der Waals surface area contributed by atoms with E-state index >= 15 is 0 Å². The fourth-order valence-electron chi connectivity index (χ4n) is 2.35. The second kappa shape index (κ2) is 6.57. The molecule has 108 valence electrons. The molecule has 0 bridgehead atoms. The molecule has 1 aromatic carbocycles. The number of benzene rings is 1. The number of hydrogen-bond acceptors (Lipinski definition) is 3. The van der Waals surface area contributed by atoms with Crippen LogP contribution in [0, 0.1) is 5.92 Å². The van der Waals surface area contributed by atoms with Gasteiger partial charge in [0, 0.05) is 25.2 Å². The Morgan fingerprint density at radius 2 is 2.10 bits per heavy atom. The van der Waals surface area contributed by atoms with Crippen molar-refractivity contribution >= 4 is 12.0 Å². The molecule has 1 heterocycles. The number of piperidine rings is 1. The fraction of sp³-hybridized carbons (Fsp3) is 0.438. The number of nitrogens with two attached hydrogens (primary N) is 1. The van der Waals surface area contributed by atoms with E-state index in [2.05, 4.69) is 6.92 Å². The van der Waals surface area contributed by atoms with Crippen molar-refractivity contribution in [1.29, 1.82) is 0 Å². The van der Waals surface area contributed by atoms with E-state index in [1.807, 2.05) is 35.2 Å². The predicted molar refractivity (Wildman–Crippen MR) is 80.4 cm³/mol. The molecule has 0 aromatic heterocycles. The fourth-order valence-corrected chi connectivity index (χ4v) is 2.35. The third kappa shape index (κ3) is 3.61. The molecule has 0 aliphatic carbocycles. The van der Waals surface area contributed by atoms with Gasteiger partial charge in [0.25, 0.3) is 0 Å². The second-order valence-electron chi connectivity index (χ2n) is 5.32. The van der Waals surface area contributed by atoms with Gasteiger partial charge in [-0.25, -0.2) is 0 Å². The molecule has 2 atom stereocenters. The third-order valence-corrected chi connectivity index (χ3v) is 3.82. The molecule has 1 aliphatic heterocycles. The van der Waals surface area contributed by atoms with Crippen LogP contribution in [0.2, 0.25) is 0 Å². The van der Waals surface area contributed by atoms with Gasteiger partial charge in [0.2, 0.25) is 5.91 Å². The number of ether oxygens (including phenoxy) is 1. The van der Waals surface area contributed by atoms with E-state index in [0.29, 0.717) is 5.92 Å². The van der Waals surface area contributed by atoms with E-state index in [1.54, 1.807) is 13.2 Å². The van der Waals surface area contributed by atoms with Crippen LogP contribution in [0.3, 0.4) is 0 Å². The normalized spacial score (nSPS) is 23.1. The number of amides is 1. The highest BCUT2D eigenvalue weighted by Crippen LogP contribution is 2.16. The molecule has 0 saturated carbocycles. The Balaban J connectivity index is 1.94. The molecule has 0 radical (unpaired) electrons. The first-order chi connectivity index (χ1) is 9.60. The van der Waals surface area contributed by atoms with Crippen molar-refractivity contribution in [3.05, 3.63) is 35.9 Å². The van der Waals surface area contributed by atoms with Crippen molar-refractivity contribution in [2.75, 3.05) is 20.2 Å². The average Bonchev–Trinajstić information content (AvgIpc) is 2.48. The third-order valence-electron chi connectivity index (χ3n) is 3.82. The van der Waals surface area contributed by atoms with Gasteiger partial charge in [-0.15, -0.1) is 0 Å². The lowest BCUT2D eigenvalue weighted by atomic mass is 9.95. The van der Waals surface area contributed by atoms with Crippen LogP contribution in [0.25, 0.3) is 6.08 Å². The average molecular weight is 274 g/mol. The minimum absolute atomic E-state index is 0.0552. The number of methoxy groups -OCH3 is 1. The maximum absolute atomic E-state index is 12.1. The summed E-state index contributed by atoms with van der Waals surface area (Å²) in [6, 6.07) is 7.83. The Morgan fingerprint density at radius 1 is 1.40 bits per heavy atom. The number of carbonyl (C=O) groups excluding carboxylic acids is 1. The molecule has 2 N–H and O–H groups in total. The first kappa shape index (κ1) is 14.6. The minimum atomic E-state index is 0.0552. The highest BCUT2D eigenvalue weighted by molar-refractivity contribution is 5.91. The Labute approximate surface area is 120 Å². The molecule has 4 heteroatoms. The zero-order chi connectivity index (χ0) is 14.5. The molecule has 1 saturated heterocycles. The van der Waals surface area contributed by atoms with E-state index in [-0.39, 0.29) is 11.9 Å². The molecular weight excluding hydrogens is 252 g/mol. The number of likely N-dealkylation sites (tertiary alicyclic amines) is 1. The van der Waals surface area contributed by atoms with Gasteiger partial charge >= 0.3 is 0 Å². The summed E-state index contributed by atoms with van der Waals surface area (Å²) >= 11 is 0. The first-order valence-corrected chi connectivity index (χ1v) is 6.97. The summed E-state index contributed by atoms with van der Waals surface area (Å²) in [7, 11) is 1.64. The molecule has 2 rings (SSSR count). The summed E-state index contributed by atoms with van der Waals surface area (Å²) in [5.74, 6) is 1.23. The smallest absolute Gasteiger partial charge is 0.246 e. The van der Waals surface area contributed by atoms with Crippen LogP contribution in [0.4, 0.5) is 0 Å². The maximum Gasteiger partial charge on any atom is 0.246 e. The predicted octanol–water partition coefficient (Wildman–Crippen LogP) is 1.90. The summed E-state index contributed by atoms with van der Waals surface area (Å²) in [6.45, 7) is 3.58. The quantitative estimate of drug-likeness (QED) is 0.857. The lowest BCUT2D eigenvalue weighted by Crippen LogP contribution is -2.47. The second-order valence-corrected chi connectivity index (χ2v) is 5.32. The van der Waals surface area contributed by atoms with Gasteiger partial charge in [0.15, 0.2) is 0 Å². The molecule has 20 heavy (non-hydrogen) atoms. The van der Waals surface area contributed by atoms with Crippen LogP contribution in [0.15, 0.2) is 30.3 Å². The number of carbonyl (C=O) groups is 1. The summed E-state index contributed by atoms with van der Waals surface area (Å²) in [5.41, 5.74) is 6.95. The van der Waals surface area contributed by atoms with Crippen molar-refractivity contribution in [3.8, 4) is 5.75 Å². The molecular formula is C16H22N2O2. The van der Waals surface area contributed by atoms with Crippen molar-refractivity contribution in [2.45, 2.75) is 19.4 Å². The SMILES string of the molecule is COc1ccc(C=CC(=O)N2CCC(N)C(C)C2)cc1. The zero-order valence-corrected chi connectivity index (χ0v) is 12.1. The standard InChI is InChI=1S/C16H22N2O2/c1-12-11-18(10-9-15(12)17)16(19)8-5-13-3-6-14(20-2)7-4-13/h3-8,12,15H,9-11,17H2,1-2H3. The molecule has 4 nitrogen and oxygen atoms in total. The Kier molecular flexibility index (Phi) is 4.79. The molecule has 1 aliphatic rings. The maximum atomic E-state index is 12.1. The monoisotopic (exact) mass is 274 g/mol. The summed E-state index contributed by atoms with van der Waals surface area (Å²) < 4.78 is 5.10. The van der Waals surface area contributed by atoms with Gasteiger partial charge in [0.1, 0.15) is 5.75 Å². The number of rotatable bonds is 3. The van der Waals surface area contributed by atoms with Gasteiger partial charge in [0.05, 0.1) is 7.11 Å². The zero-order valence-electron chi connectivity index (χ0n) is 12.1. The van der Waals surface area contributed by atoms with Gasteiger partial charge in [-0.2, -0.15) is 0 Å². The van der Waals surface area contributed by atoms with Crippen molar-refractivity contribution in [3.63, 3.8) is 0 Å². The molecule has 1 aromatic rings. The Hall–Kier alpha value is -1.81. The number of hydrogen-bond donors (Lipinski definition) is 1. The van der Waals surface area contributed by atoms with Gasteiger partial charge in [-0.1, -0.05) is 19.1 Å². The topological polar surface area (TPSA) is 55.6 Å². The van der Waals surface area contributed by atoms with Crippen LogP contribution in [0.1, 0.15) is 18.9 Å².